The zero-order valence-electron chi connectivity index (χ0n) is 10.4. The van der Waals surface area contributed by atoms with E-state index in [0.29, 0.717) is 12.3 Å². The smallest absolute Gasteiger partial charge is 0.123 e. The average molecular weight is 246 g/mol. The maximum atomic E-state index is 5.82. The number of nitrogens with two attached hydrogens (primary N) is 1. The van der Waals surface area contributed by atoms with Crippen molar-refractivity contribution in [2.75, 3.05) is 24.2 Å². The van der Waals surface area contributed by atoms with Gasteiger partial charge in [0.25, 0.3) is 0 Å². The summed E-state index contributed by atoms with van der Waals surface area (Å²) in [5.41, 5.74) is 8.60. The number of rotatable bonds is 6. The molecule has 0 spiro atoms. The molecule has 5 heteroatoms. The van der Waals surface area contributed by atoms with Crippen LogP contribution in [0.1, 0.15) is 12.6 Å². The van der Waals surface area contributed by atoms with Crippen molar-refractivity contribution in [3.05, 3.63) is 36.4 Å². The van der Waals surface area contributed by atoms with Crippen LogP contribution in [0.2, 0.25) is 0 Å². The number of ether oxygens (including phenoxy) is 1. The van der Waals surface area contributed by atoms with Gasteiger partial charge in [0.05, 0.1) is 12.9 Å². The lowest BCUT2D eigenvalue weighted by atomic mass is 10.2. The van der Waals surface area contributed by atoms with Crippen LogP contribution < -0.4 is 15.8 Å². The molecule has 0 atom stereocenters. The van der Waals surface area contributed by atoms with Crippen LogP contribution in [-0.4, -0.2) is 23.1 Å². The van der Waals surface area contributed by atoms with Gasteiger partial charge in [-0.05, 0) is 13.0 Å². The van der Waals surface area contributed by atoms with Crippen LogP contribution in [0.25, 0.3) is 0 Å². The third-order valence-corrected chi connectivity index (χ3v) is 2.52. The largest absolute Gasteiger partial charge is 0.494 e. The van der Waals surface area contributed by atoms with Crippen molar-refractivity contribution < 1.29 is 4.74 Å². The zero-order chi connectivity index (χ0) is 12.8. The maximum Gasteiger partial charge on any atom is 0.123 e. The van der Waals surface area contributed by atoms with Gasteiger partial charge in [0, 0.05) is 48.4 Å². The molecule has 0 radical (unpaired) electrons. The highest BCUT2D eigenvalue weighted by Gasteiger charge is 2.00. The number of aromatic amines is 1. The van der Waals surface area contributed by atoms with Crippen LogP contribution in [0, 0.1) is 0 Å². The summed E-state index contributed by atoms with van der Waals surface area (Å²) < 4.78 is 5.44. The van der Waals surface area contributed by atoms with Gasteiger partial charge < -0.3 is 20.8 Å². The van der Waals surface area contributed by atoms with Crippen molar-refractivity contribution >= 4 is 11.4 Å². The number of anilines is 2. The number of imidazole rings is 1. The number of benzene rings is 1. The molecule has 2 aromatic rings. The number of nitrogens with zero attached hydrogens (tertiary/aromatic N) is 1. The summed E-state index contributed by atoms with van der Waals surface area (Å²) >= 11 is 0. The molecule has 0 aliphatic heterocycles. The standard InChI is InChI=1S/C13H18N4O/c1-2-18-13-6-10(14)5-12(7-13)16-4-3-11-8-15-9-17-11/h5-9,16H,2-4,14H2,1H3,(H,15,17). The van der Waals surface area contributed by atoms with E-state index in [4.69, 9.17) is 10.5 Å². The van der Waals surface area contributed by atoms with Crippen LogP contribution >= 0.6 is 0 Å². The van der Waals surface area contributed by atoms with Crippen LogP contribution in [0.15, 0.2) is 30.7 Å². The quantitative estimate of drug-likeness (QED) is 0.682. The van der Waals surface area contributed by atoms with Crippen LogP contribution in [0.5, 0.6) is 5.75 Å². The Kier molecular flexibility index (Phi) is 4.06. The van der Waals surface area contributed by atoms with E-state index in [1.165, 1.54) is 0 Å². The van der Waals surface area contributed by atoms with Gasteiger partial charge in [-0.25, -0.2) is 4.98 Å². The van der Waals surface area contributed by atoms with Crippen LogP contribution in [0.4, 0.5) is 11.4 Å². The predicted molar refractivity (Wildman–Crippen MR) is 72.8 cm³/mol. The van der Waals surface area contributed by atoms with Gasteiger partial charge in [0.15, 0.2) is 0 Å². The second kappa shape index (κ2) is 5.95. The lowest BCUT2D eigenvalue weighted by Crippen LogP contribution is -2.06. The summed E-state index contributed by atoms with van der Waals surface area (Å²) in [6.45, 7) is 3.41. The summed E-state index contributed by atoms with van der Waals surface area (Å²) in [6, 6.07) is 5.67. The Bertz CT molecular complexity index is 482. The molecular formula is C13H18N4O. The van der Waals surface area contributed by atoms with Crippen LogP contribution in [0.3, 0.4) is 0 Å². The minimum absolute atomic E-state index is 0.636. The minimum Gasteiger partial charge on any atom is -0.494 e. The van der Waals surface area contributed by atoms with E-state index in [-0.39, 0.29) is 0 Å². The third-order valence-electron chi connectivity index (χ3n) is 2.52. The summed E-state index contributed by atoms with van der Waals surface area (Å²) in [7, 11) is 0. The second-order valence-electron chi connectivity index (χ2n) is 3.98. The van der Waals surface area contributed by atoms with Crippen molar-refractivity contribution in [3.8, 4) is 5.75 Å². The Morgan fingerprint density at radius 3 is 3.00 bits per heavy atom. The molecule has 96 valence electrons. The highest BCUT2D eigenvalue weighted by atomic mass is 16.5. The van der Waals surface area contributed by atoms with Gasteiger partial charge in [0.1, 0.15) is 5.75 Å². The molecule has 0 unspecified atom stereocenters. The van der Waals surface area contributed by atoms with E-state index >= 15 is 0 Å². The van der Waals surface area contributed by atoms with E-state index < -0.39 is 0 Å². The zero-order valence-corrected chi connectivity index (χ0v) is 10.4. The number of aromatic nitrogens is 2. The molecule has 18 heavy (non-hydrogen) atoms. The summed E-state index contributed by atoms with van der Waals surface area (Å²) in [5, 5.41) is 3.31. The molecule has 0 aliphatic rings. The fourth-order valence-electron chi connectivity index (χ4n) is 1.74. The Labute approximate surface area is 106 Å². The van der Waals surface area contributed by atoms with E-state index in [0.717, 1.165) is 30.1 Å². The van der Waals surface area contributed by atoms with Gasteiger partial charge in [-0.3, -0.25) is 0 Å². The Morgan fingerprint density at radius 2 is 2.28 bits per heavy atom. The van der Waals surface area contributed by atoms with Crippen molar-refractivity contribution in [2.24, 2.45) is 0 Å². The van der Waals surface area contributed by atoms with Crippen molar-refractivity contribution in [1.29, 1.82) is 0 Å². The highest BCUT2D eigenvalue weighted by molar-refractivity contribution is 5.59. The van der Waals surface area contributed by atoms with Crippen LogP contribution in [-0.2, 0) is 6.42 Å². The molecule has 0 saturated carbocycles. The molecule has 1 heterocycles. The first-order chi connectivity index (χ1) is 8.78. The second-order valence-corrected chi connectivity index (χ2v) is 3.98. The molecule has 1 aromatic heterocycles. The molecular weight excluding hydrogens is 228 g/mol. The van der Waals surface area contributed by atoms with Gasteiger partial charge in [-0.1, -0.05) is 0 Å². The number of H-pyrrole nitrogens is 1. The molecule has 5 nitrogen and oxygen atoms in total. The SMILES string of the molecule is CCOc1cc(N)cc(NCCc2cnc[nH]2)c1. The van der Waals surface area contributed by atoms with Gasteiger partial charge in [-0.2, -0.15) is 0 Å². The Balaban J connectivity index is 1.92. The van der Waals surface area contributed by atoms with E-state index in [1.807, 2.05) is 31.3 Å². The lowest BCUT2D eigenvalue weighted by molar-refractivity contribution is 0.340. The predicted octanol–water partition coefficient (Wildman–Crippen LogP) is 2.05. The lowest BCUT2D eigenvalue weighted by Gasteiger charge is -2.10. The summed E-state index contributed by atoms with van der Waals surface area (Å²) in [5.74, 6) is 0.793. The van der Waals surface area contributed by atoms with Crippen molar-refractivity contribution in [2.45, 2.75) is 13.3 Å². The van der Waals surface area contributed by atoms with E-state index in [2.05, 4.69) is 15.3 Å². The third kappa shape index (κ3) is 3.41. The Morgan fingerprint density at radius 1 is 1.39 bits per heavy atom. The number of nitrogens with one attached hydrogen (secondary N) is 2. The molecule has 4 N–H and O–H groups in total. The molecule has 0 amide bonds. The van der Waals surface area contributed by atoms with E-state index in [1.54, 1.807) is 6.33 Å². The first-order valence-corrected chi connectivity index (χ1v) is 6.02. The fraction of sp³-hybridized carbons (Fsp3) is 0.308. The molecule has 2 rings (SSSR count). The fourth-order valence-corrected chi connectivity index (χ4v) is 1.74. The first kappa shape index (κ1) is 12.3. The molecule has 0 saturated heterocycles. The number of hydrogen-bond donors (Lipinski definition) is 3. The topological polar surface area (TPSA) is 76.0 Å². The highest BCUT2D eigenvalue weighted by Crippen LogP contribution is 2.22. The molecule has 0 fully saturated rings. The number of hydrogen-bond acceptors (Lipinski definition) is 4. The molecule has 1 aromatic carbocycles. The maximum absolute atomic E-state index is 5.82. The van der Waals surface area contributed by atoms with Gasteiger partial charge in [-0.15, -0.1) is 0 Å². The summed E-state index contributed by atoms with van der Waals surface area (Å²) in [4.78, 5) is 7.04. The average Bonchev–Trinajstić information content (AvgIpc) is 2.82. The monoisotopic (exact) mass is 246 g/mol. The Hall–Kier alpha value is -2.17. The van der Waals surface area contributed by atoms with Crippen molar-refractivity contribution in [3.63, 3.8) is 0 Å². The summed E-state index contributed by atoms with van der Waals surface area (Å²) in [6.07, 6.45) is 4.40. The normalized spacial score (nSPS) is 10.3. The van der Waals surface area contributed by atoms with E-state index in [9.17, 15) is 0 Å². The molecule has 0 bridgehead atoms. The van der Waals surface area contributed by atoms with Gasteiger partial charge in [0.2, 0.25) is 0 Å². The van der Waals surface area contributed by atoms with Crippen molar-refractivity contribution in [1.82, 2.24) is 9.97 Å². The number of nitrogen functional groups attached to an aromatic ring is 1. The minimum atomic E-state index is 0.636. The van der Waals surface area contributed by atoms with Gasteiger partial charge >= 0.3 is 0 Å². The molecule has 0 aliphatic carbocycles. The first-order valence-electron chi connectivity index (χ1n) is 6.02.